The van der Waals surface area contributed by atoms with Gasteiger partial charge < -0.3 is 10.3 Å². The predicted octanol–water partition coefficient (Wildman–Crippen LogP) is 2.31. The van der Waals surface area contributed by atoms with Crippen molar-refractivity contribution >= 4 is 5.82 Å². The van der Waals surface area contributed by atoms with E-state index in [1.807, 2.05) is 36.4 Å². The number of benzene rings is 1. The van der Waals surface area contributed by atoms with Crippen molar-refractivity contribution in [3.8, 4) is 22.7 Å². The van der Waals surface area contributed by atoms with Crippen molar-refractivity contribution in [2.24, 2.45) is 0 Å². The number of aromatic amines is 1. The van der Waals surface area contributed by atoms with Crippen LogP contribution in [0, 0.1) is 0 Å². The molecule has 5 heteroatoms. The summed E-state index contributed by atoms with van der Waals surface area (Å²) in [6, 6.07) is 13.4. The minimum absolute atomic E-state index is 0.357. The highest BCUT2D eigenvalue weighted by atomic mass is 16.5. The molecule has 3 aromatic rings. The second-order valence-electron chi connectivity index (χ2n) is 3.65. The van der Waals surface area contributed by atoms with Crippen molar-refractivity contribution in [2.75, 3.05) is 5.73 Å². The number of aromatic nitrogens is 3. The van der Waals surface area contributed by atoms with Crippen molar-refractivity contribution < 1.29 is 4.52 Å². The van der Waals surface area contributed by atoms with Crippen LogP contribution in [-0.2, 0) is 0 Å². The first kappa shape index (κ1) is 9.65. The van der Waals surface area contributed by atoms with E-state index in [2.05, 4.69) is 15.4 Å². The van der Waals surface area contributed by atoms with Crippen LogP contribution in [0.1, 0.15) is 0 Å². The summed E-state index contributed by atoms with van der Waals surface area (Å²) in [5.41, 5.74) is 8.15. The maximum atomic E-state index is 5.49. The fourth-order valence-corrected chi connectivity index (χ4v) is 1.62. The Morgan fingerprint density at radius 1 is 1.12 bits per heavy atom. The molecule has 84 valence electrons. The molecule has 2 heterocycles. The summed E-state index contributed by atoms with van der Waals surface area (Å²) in [4.78, 5) is 0. The number of anilines is 1. The van der Waals surface area contributed by atoms with Crippen molar-refractivity contribution in [1.29, 1.82) is 0 Å². The van der Waals surface area contributed by atoms with Crippen LogP contribution in [0.3, 0.4) is 0 Å². The number of nitrogens with two attached hydrogens (primary N) is 1. The summed E-state index contributed by atoms with van der Waals surface area (Å²) in [7, 11) is 0. The maximum Gasteiger partial charge on any atom is 0.186 e. The van der Waals surface area contributed by atoms with E-state index in [1.165, 1.54) is 0 Å². The van der Waals surface area contributed by atoms with E-state index in [9.17, 15) is 0 Å². The van der Waals surface area contributed by atoms with Gasteiger partial charge in [-0.25, -0.2) is 0 Å². The molecule has 0 spiro atoms. The quantitative estimate of drug-likeness (QED) is 0.702. The SMILES string of the molecule is Nc1cc(-c2cc(-c3ccccc3)n[nH]2)on1. The molecule has 0 atom stereocenters. The smallest absolute Gasteiger partial charge is 0.186 e. The van der Waals surface area contributed by atoms with E-state index in [-0.39, 0.29) is 0 Å². The molecule has 0 amide bonds. The molecule has 0 bridgehead atoms. The Morgan fingerprint density at radius 3 is 2.65 bits per heavy atom. The van der Waals surface area contributed by atoms with Crippen LogP contribution in [0.15, 0.2) is 47.0 Å². The molecule has 1 aromatic carbocycles. The average Bonchev–Trinajstić information content (AvgIpc) is 2.98. The zero-order valence-electron chi connectivity index (χ0n) is 8.92. The third kappa shape index (κ3) is 1.78. The summed E-state index contributed by atoms with van der Waals surface area (Å²) in [5.74, 6) is 0.938. The Kier molecular flexibility index (Phi) is 2.15. The van der Waals surface area contributed by atoms with Gasteiger partial charge in [0, 0.05) is 11.6 Å². The van der Waals surface area contributed by atoms with Crippen molar-refractivity contribution in [3.63, 3.8) is 0 Å². The monoisotopic (exact) mass is 226 g/mol. The minimum atomic E-state index is 0.357. The highest BCUT2D eigenvalue weighted by molar-refractivity contribution is 5.66. The molecular weight excluding hydrogens is 216 g/mol. The van der Waals surface area contributed by atoms with Gasteiger partial charge in [-0.2, -0.15) is 5.10 Å². The Hall–Kier alpha value is -2.56. The van der Waals surface area contributed by atoms with Crippen LogP contribution in [-0.4, -0.2) is 15.4 Å². The molecule has 0 aliphatic heterocycles. The van der Waals surface area contributed by atoms with Gasteiger partial charge in [0.15, 0.2) is 11.6 Å². The Balaban J connectivity index is 1.99. The maximum absolute atomic E-state index is 5.49. The van der Waals surface area contributed by atoms with Gasteiger partial charge in [0.25, 0.3) is 0 Å². The first-order valence-electron chi connectivity index (χ1n) is 5.16. The molecule has 0 saturated carbocycles. The summed E-state index contributed by atoms with van der Waals surface area (Å²) in [5, 5.41) is 10.7. The van der Waals surface area contributed by atoms with Gasteiger partial charge in [0.05, 0.1) is 5.69 Å². The standard InChI is InChI=1S/C12H10N4O/c13-12-7-11(17-16-12)10-6-9(14-15-10)8-4-2-1-3-5-8/h1-7H,(H2,13,16)(H,14,15). The number of nitrogens with zero attached hydrogens (tertiary/aromatic N) is 2. The number of hydrogen-bond donors (Lipinski definition) is 2. The van der Waals surface area contributed by atoms with Crippen LogP contribution in [0.2, 0.25) is 0 Å². The van der Waals surface area contributed by atoms with Crippen molar-refractivity contribution in [1.82, 2.24) is 15.4 Å². The third-order valence-corrected chi connectivity index (χ3v) is 2.44. The van der Waals surface area contributed by atoms with Crippen LogP contribution in [0.5, 0.6) is 0 Å². The van der Waals surface area contributed by atoms with Crippen molar-refractivity contribution in [3.05, 3.63) is 42.5 Å². The van der Waals surface area contributed by atoms with E-state index in [0.29, 0.717) is 11.6 Å². The summed E-state index contributed by atoms with van der Waals surface area (Å²) in [6.45, 7) is 0. The molecule has 0 aliphatic rings. The number of nitrogens with one attached hydrogen (secondary N) is 1. The highest BCUT2D eigenvalue weighted by Gasteiger charge is 2.09. The van der Waals surface area contributed by atoms with E-state index in [4.69, 9.17) is 10.3 Å². The molecule has 0 saturated heterocycles. The second-order valence-corrected chi connectivity index (χ2v) is 3.65. The van der Waals surface area contributed by atoms with E-state index in [1.54, 1.807) is 6.07 Å². The van der Waals surface area contributed by atoms with Gasteiger partial charge in [-0.1, -0.05) is 35.5 Å². The summed E-state index contributed by atoms with van der Waals surface area (Å²) >= 11 is 0. The largest absolute Gasteiger partial charge is 0.381 e. The highest BCUT2D eigenvalue weighted by Crippen LogP contribution is 2.24. The molecule has 3 rings (SSSR count). The zero-order valence-corrected chi connectivity index (χ0v) is 8.92. The molecular formula is C12H10N4O. The van der Waals surface area contributed by atoms with Crippen molar-refractivity contribution in [2.45, 2.75) is 0 Å². The fourth-order valence-electron chi connectivity index (χ4n) is 1.62. The van der Waals surface area contributed by atoms with E-state index < -0.39 is 0 Å². The molecule has 3 N–H and O–H groups in total. The summed E-state index contributed by atoms with van der Waals surface area (Å²) < 4.78 is 5.05. The van der Waals surface area contributed by atoms with Gasteiger partial charge in [-0.3, -0.25) is 5.10 Å². The van der Waals surface area contributed by atoms with Crippen LogP contribution in [0.4, 0.5) is 5.82 Å². The average molecular weight is 226 g/mol. The second kappa shape index (κ2) is 3.79. The van der Waals surface area contributed by atoms with Crippen LogP contribution < -0.4 is 5.73 Å². The lowest BCUT2D eigenvalue weighted by Crippen LogP contribution is -1.79. The molecule has 0 radical (unpaired) electrons. The fraction of sp³-hybridized carbons (Fsp3) is 0. The lowest BCUT2D eigenvalue weighted by molar-refractivity contribution is 0.434. The molecule has 5 nitrogen and oxygen atoms in total. The molecule has 2 aromatic heterocycles. The number of nitrogen functional groups attached to an aromatic ring is 1. The normalized spacial score (nSPS) is 10.6. The van der Waals surface area contributed by atoms with Gasteiger partial charge in [0.2, 0.25) is 0 Å². The summed E-state index contributed by atoms with van der Waals surface area (Å²) in [6.07, 6.45) is 0. The third-order valence-electron chi connectivity index (χ3n) is 2.44. The lowest BCUT2D eigenvalue weighted by atomic mass is 10.1. The van der Waals surface area contributed by atoms with E-state index >= 15 is 0 Å². The number of hydrogen-bond acceptors (Lipinski definition) is 4. The zero-order chi connectivity index (χ0) is 11.7. The molecule has 17 heavy (non-hydrogen) atoms. The molecule has 0 aliphatic carbocycles. The lowest BCUT2D eigenvalue weighted by Gasteiger charge is -1.92. The van der Waals surface area contributed by atoms with Gasteiger partial charge >= 0.3 is 0 Å². The first-order chi connectivity index (χ1) is 8.33. The topological polar surface area (TPSA) is 80.7 Å². The number of H-pyrrole nitrogens is 1. The van der Waals surface area contributed by atoms with E-state index in [0.717, 1.165) is 17.0 Å². The Labute approximate surface area is 97.2 Å². The Bertz CT molecular complexity index is 627. The van der Waals surface area contributed by atoms with Gasteiger partial charge in [0.1, 0.15) is 5.69 Å². The Morgan fingerprint density at radius 2 is 1.94 bits per heavy atom. The van der Waals surface area contributed by atoms with Gasteiger partial charge in [-0.15, -0.1) is 0 Å². The predicted molar refractivity (Wildman–Crippen MR) is 63.9 cm³/mol. The van der Waals surface area contributed by atoms with Crippen LogP contribution >= 0.6 is 0 Å². The molecule has 0 fully saturated rings. The van der Waals surface area contributed by atoms with Crippen LogP contribution in [0.25, 0.3) is 22.7 Å². The molecule has 0 unspecified atom stereocenters. The number of rotatable bonds is 2. The first-order valence-corrected chi connectivity index (χ1v) is 5.16. The van der Waals surface area contributed by atoms with Gasteiger partial charge in [-0.05, 0) is 6.07 Å². The minimum Gasteiger partial charge on any atom is -0.381 e.